The molecule has 2 N–H and O–H groups in total. The summed E-state index contributed by atoms with van der Waals surface area (Å²) < 4.78 is 27.7. The molecule has 0 amide bonds. The molecule has 0 heterocycles. The van der Waals surface area contributed by atoms with Crippen molar-refractivity contribution in [2.45, 2.75) is 35.6 Å². The van der Waals surface area contributed by atoms with Gasteiger partial charge in [-0.15, -0.1) is 0 Å². The fourth-order valence-corrected chi connectivity index (χ4v) is 3.46. The second kappa shape index (κ2) is 7.38. The zero-order valence-electron chi connectivity index (χ0n) is 11.6. The van der Waals surface area contributed by atoms with Gasteiger partial charge >= 0.3 is 0 Å². The van der Waals surface area contributed by atoms with E-state index in [2.05, 4.69) is 22.9 Å². The average Bonchev–Trinajstić information content (AvgIpc) is 2.45. The van der Waals surface area contributed by atoms with Crippen LogP contribution >= 0.6 is 27.7 Å². The lowest BCUT2D eigenvalue weighted by Gasteiger charge is -2.12. The van der Waals surface area contributed by atoms with E-state index in [1.807, 2.05) is 18.2 Å². The van der Waals surface area contributed by atoms with Gasteiger partial charge in [-0.2, -0.15) is 0 Å². The Morgan fingerprint density at radius 2 is 1.95 bits per heavy atom. The molecule has 2 rings (SSSR count). The van der Waals surface area contributed by atoms with Gasteiger partial charge in [-0.25, -0.2) is 8.78 Å². The zero-order chi connectivity index (χ0) is 15.4. The molecule has 0 radical (unpaired) electrons. The SMILES string of the molecule is CCC(N)Cc1ccc(Sc2cc(F)ccc2F)cc1Br. The summed E-state index contributed by atoms with van der Waals surface area (Å²) in [5.74, 6) is -0.863. The first-order valence-corrected chi connectivity index (χ1v) is 8.27. The van der Waals surface area contributed by atoms with Crippen molar-refractivity contribution in [3.8, 4) is 0 Å². The van der Waals surface area contributed by atoms with Crippen molar-refractivity contribution in [2.75, 3.05) is 0 Å². The highest BCUT2D eigenvalue weighted by Crippen LogP contribution is 2.33. The Bertz CT molecular complexity index is 634. The highest BCUT2D eigenvalue weighted by atomic mass is 79.9. The Kier molecular flexibility index (Phi) is 5.79. The van der Waals surface area contributed by atoms with E-state index in [0.29, 0.717) is 0 Å². The van der Waals surface area contributed by atoms with Crippen LogP contribution in [0.4, 0.5) is 8.78 Å². The van der Waals surface area contributed by atoms with Gasteiger partial charge in [0.15, 0.2) is 0 Å². The van der Waals surface area contributed by atoms with E-state index in [9.17, 15) is 8.78 Å². The van der Waals surface area contributed by atoms with Crippen LogP contribution in [-0.4, -0.2) is 6.04 Å². The molecule has 0 bridgehead atoms. The first-order chi connectivity index (χ1) is 9.99. The number of nitrogens with two attached hydrogens (primary N) is 1. The standard InChI is InChI=1S/C16H16BrF2NS/c1-2-12(20)7-10-3-5-13(9-14(10)17)21-16-8-11(18)4-6-15(16)19/h3-6,8-9,12H,2,7,20H2,1H3. The second-order valence-corrected chi connectivity index (χ2v) is 6.77. The topological polar surface area (TPSA) is 26.0 Å². The van der Waals surface area contributed by atoms with Crippen LogP contribution in [0.5, 0.6) is 0 Å². The van der Waals surface area contributed by atoms with Gasteiger partial charge in [0.25, 0.3) is 0 Å². The molecular weight excluding hydrogens is 356 g/mol. The van der Waals surface area contributed by atoms with Gasteiger partial charge in [0.2, 0.25) is 0 Å². The Hall–Kier alpha value is -0.910. The molecule has 0 saturated carbocycles. The average molecular weight is 372 g/mol. The third kappa shape index (κ3) is 4.53. The van der Waals surface area contributed by atoms with Gasteiger partial charge in [0.05, 0.1) is 4.90 Å². The summed E-state index contributed by atoms with van der Waals surface area (Å²) in [6, 6.07) is 9.37. The number of halogens is 3. The van der Waals surface area contributed by atoms with Crippen LogP contribution < -0.4 is 5.73 Å². The lowest BCUT2D eigenvalue weighted by molar-refractivity contribution is 0.577. The largest absolute Gasteiger partial charge is 0.327 e. The number of benzene rings is 2. The lowest BCUT2D eigenvalue weighted by Crippen LogP contribution is -2.21. The van der Waals surface area contributed by atoms with Crippen LogP contribution in [0, 0.1) is 11.6 Å². The minimum Gasteiger partial charge on any atom is -0.327 e. The van der Waals surface area contributed by atoms with Gasteiger partial charge in [0.1, 0.15) is 11.6 Å². The number of rotatable bonds is 5. The molecule has 1 atom stereocenters. The molecule has 0 aliphatic heterocycles. The molecule has 2 aromatic rings. The van der Waals surface area contributed by atoms with Crippen molar-refractivity contribution in [1.29, 1.82) is 0 Å². The van der Waals surface area contributed by atoms with Crippen LogP contribution in [-0.2, 0) is 6.42 Å². The smallest absolute Gasteiger partial charge is 0.137 e. The third-order valence-corrected chi connectivity index (χ3v) is 4.91. The molecule has 0 saturated heterocycles. The Balaban J connectivity index is 2.18. The number of hydrogen-bond acceptors (Lipinski definition) is 2. The van der Waals surface area contributed by atoms with E-state index >= 15 is 0 Å². The molecular formula is C16H16BrF2NS. The van der Waals surface area contributed by atoms with Crippen molar-refractivity contribution < 1.29 is 8.78 Å². The van der Waals surface area contributed by atoms with Crippen LogP contribution in [0.25, 0.3) is 0 Å². The maximum Gasteiger partial charge on any atom is 0.137 e. The zero-order valence-corrected chi connectivity index (χ0v) is 14.0. The van der Waals surface area contributed by atoms with Crippen LogP contribution in [0.3, 0.4) is 0 Å². The highest BCUT2D eigenvalue weighted by Gasteiger charge is 2.09. The summed E-state index contributed by atoms with van der Waals surface area (Å²) in [4.78, 5) is 1.13. The summed E-state index contributed by atoms with van der Waals surface area (Å²) in [5.41, 5.74) is 7.07. The summed E-state index contributed by atoms with van der Waals surface area (Å²) in [6.45, 7) is 2.05. The molecule has 0 aliphatic carbocycles. The molecule has 0 fully saturated rings. The second-order valence-electron chi connectivity index (χ2n) is 4.80. The van der Waals surface area contributed by atoms with Gasteiger partial charge in [0, 0.05) is 15.4 Å². The van der Waals surface area contributed by atoms with E-state index in [1.54, 1.807) is 0 Å². The maximum atomic E-state index is 13.6. The molecule has 112 valence electrons. The van der Waals surface area contributed by atoms with E-state index < -0.39 is 11.6 Å². The number of hydrogen-bond donors (Lipinski definition) is 1. The van der Waals surface area contributed by atoms with Gasteiger partial charge in [-0.05, 0) is 48.7 Å². The maximum absolute atomic E-state index is 13.6. The minimum atomic E-state index is -0.441. The normalized spacial score (nSPS) is 12.4. The first-order valence-electron chi connectivity index (χ1n) is 6.66. The third-order valence-electron chi connectivity index (χ3n) is 3.15. The Morgan fingerprint density at radius 1 is 1.19 bits per heavy atom. The van der Waals surface area contributed by atoms with E-state index in [1.165, 1.54) is 17.8 Å². The molecule has 21 heavy (non-hydrogen) atoms. The van der Waals surface area contributed by atoms with Crippen molar-refractivity contribution >= 4 is 27.7 Å². The van der Waals surface area contributed by atoms with E-state index in [0.717, 1.165) is 39.9 Å². The highest BCUT2D eigenvalue weighted by molar-refractivity contribution is 9.10. The van der Waals surface area contributed by atoms with Crippen LogP contribution in [0.2, 0.25) is 0 Å². The van der Waals surface area contributed by atoms with Gasteiger partial charge in [-0.1, -0.05) is 40.7 Å². The lowest BCUT2D eigenvalue weighted by atomic mass is 10.1. The van der Waals surface area contributed by atoms with Crippen LogP contribution in [0.15, 0.2) is 50.7 Å². The Morgan fingerprint density at radius 3 is 2.62 bits per heavy atom. The molecule has 0 aliphatic rings. The van der Waals surface area contributed by atoms with Crippen molar-refractivity contribution in [2.24, 2.45) is 5.73 Å². The van der Waals surface area contributed by atoms with E-state index in [-0.39, 0.29) is 10.9 Å². The summed E-state index contributed by atoms with van der Waals surface area (Å²) in [7, 11) is 0. The van der Waals surface area contributed by atoms with Crippen LogP contribution in [0.1, 0.15) is 18.9 Å². The predicted molar refractivity (Wildman–Crippen MR) is 86.6 cm³/mol. The molecule has 2 aromatic carbocycles. The van der Waals surface area contributed by atoms with Gasteiger partial charge < -0.3 is 5.73 Å². The Labute approximate surface area is 136 Å². The van der Waals surface area contributed by atoms with Crippen molar-refractivity contribution in [3.63, 3.8) is 0 Å². The fraction of sp³-hybridized carbons (Fsp3) is 0.250. The molecule has 0 spiro atoms. The van der Waals surface area contributed by atoms with Crippen molar-refractivity contribution in [1.82, 2.24) is 0 Å². The fourth-order valence-electron chi connectivity index (χ4n) is 1.87. The minimum absolute atomic E-state index is 0.125. The monoisotopic (exact) mass is 371 g/mol. The summed E-state index contributed by atoms with van der Waals surface area (Å²) in [6.07, 6.45) is 1.70. The first kappa shape index (κ1) is 16.5. The van der Waals surface area contributed by atoms with E-state index in [4.69, 9.17) is 5.73 Å². The molecule has 0 aromatic heterocycles. The van der Waals surface area contributed by atoms with Crippen molar-refractivity contribution in [3.05, 3.63) is 58.1 Å². The predicted octanol–water partition coefficient (Wildman–Crippen LogP) is 5.16. The summed E-state index contributed by atoms with van der Waals surface area (Å²) in [5, 5.41) is 0. The molecule has 1 nitrogen and oxygen atoms in total. The quantitative estimate of drug-likeness (QED) is 0.785. The summed E-state index contributed by atoms with van der Waals surface area (Å²) >= 11 is 4.71. The molecule has 1 unspecified atom stereocenters. The van der Waals surface area contributed by atoms with Gasteiger partial charge in [-0.3, -0.25) is 0 Å². The molecule has 5 heteroatoms.